The van der Waals surface area contributed by atoms with Gasteiger partial charge in [-0.15, -0.1) is 36.7 Å². The molecular weight excluding hydrogens is 371 g/mol. The Morgan fingerprint density at radius 2 is 1.60 bits per heavy atom. The normalized spacial score (nSPS) is 15.2. The van der Waals surface area contributed by atoms with Gasteiger partial charge >= 0.3 is 6.36 Å². The minimum Gasteiger partial charge on any atom is -0.406 e. The lowest BCUT2D eigenvalue weighted by atomic mass is 10.1. The summed E-state index contributed by atoms with van der Waals surface area (Å²) >= 11 is 3.78. The van der Waals surface area contributed by atoms with Gasteiger partial charge in [0.05, 0.1) is 4.58 Å². The first-order valence-corrected chi connectivity index (χ1v) is 9.51. The van der Waals surface area contributed by atoms with Gasteiger partial charge in [-0.2, -0.15) is 0 Å². The average molecular weight is 385 g/mol. The van der Waals surface area contributed by atoms with Gasteiger partial charge in [0.15, 0.2) is 0 Å². The highest BCUT2D eigenvalue weighted by molar-refractivity contribution is 8.19. The van der Waals surface area contributed by atoms with Crippen molar-refractivity contribution < 1.29 is 22.7 Å². The van der Waals surface area contributed by atoms with E-state index in [1.165, 1.54) is 17.7 Å². The second-order valence-electron chi connectivity index (χ2n) is 5.22. The minimum atomic E-state index is -4.73. The molecule has 2 aromatic carbocycles. The maximum absolute atomic E-state index is 12.2. The summed E-state index contributed by atoms with van der Waals surface area (Å²) in [6.45, 7) is 0. The molecule has 1 saturated heterocycles. The monoisotopic (exact) mass is 385 g/mol. The van der Waals surface area contributed by atoms with Gasteiger partial charge in [0.2, 0.25) is 0 Å². The Morgan fingerprint density at radius 3 is 2.16 bits per heavy atom. The quantitative estimate of drug-likeness (QED) is 0.773. The van der Waals surface area contributed by atoms with Crippen molar-refractivity contribution in [1.82, 2.24) is 0 Å². The molecule has 1 aliphatic rings. The van der Waals surface area contributed by atoms with Crippen molar-refractivity contribution in [2.45, 2.75) is 10.9 Å². The lowest BCUT2D eigenvalue weighted by Gasteiger charge is -2.11. The predicted octanol–water partition coefficient (Wildman–Crippen LogP) is 5.32. The highest BCUT2D eigenvalue weighted by Crippen LogP contribution is 2.45. The standard InChI is InChI=1S/C17H14F3NO2S2/c18-17(19,20)23-14-7-5-13(6-8-14)21-15(22)11-1-3-12(4-2-11)16-24-9-10-25-16/h1-8,16H,9-10H2,(H,21,22). The molecule has 132 valence electrons. The van der Waals surface area contributed by atoms with Crippen molar-refractivity contribution in [1.29, 1.82) is 0 Å². The lowest BCUT2D eigenvalue weighted by molar-refractivity contribution is -0.274. The van der Waals surface area contributed by atoms with E-state index in [-0.39, 0.29) is 11.7 Å². The molecule has 2 aromatic rings. The maximum atomic E-state index is 12.2. The van der Waals surface area contributed by atoms with Gasteiger partial charge in [0.1, 0.15) is 5.75 Å². The van der Waals surface area contributed by atoms with E-state index < -0.39 is 6.36 Å². The van der Waals surface area contributed by atoms with E-state index in [4.69, 9.17) is 0 Å². The van der Waals surface area contributed by atoms with Gasteiger partial charge in [0, 0.05) is 22.8 Å². The Hall–Kier alpha value is -1.80. The van der Waals surface area contributed by atoms with E-state index in [2.05, 4.69) is 10.1 Å². The number of amides is 1. The molecule has 0 radical (unpaired) electrons. The lowest BCUT2D eigenvalue weighted by Crippen LogP contribution is -2.17. The van der Waals surface area contributed by atoms with Crippen LogP contribution in [0.2, 0.25) is 0 Å². The molecule has 25 heavy (non-hydrogen) atoms. The summed E-state index contributed by atoms with van der Waals surface area (Å²) in [5, 5.41) is 2.65. The van der Waals surface area contributed by atoms with Crippen LogP contribution in [0.1, 0.15) is 20.5 Å². The molecule has 1 heterocycles. The Balaban J connectivity index is 1.61. The van der Waals surface area contributed by atoms with E-state index in [1.807, 2.05) is 35.7 Å². The minimum absolute atomic E-state index is 0.317. The van der Waals surface area contributed by atoms with Crippen LogP contribution in [-0.2, 0) is 0 Å². The molecule has 0 spiro atoms. The summed E-state index contributed by atoms with van der Waals surface area (Å²) in [5.41, 5.74) is 2.07. The van der Waals surface area contributed by atoms with Crippen molar-refractivity contribution >= 4 is 35.1 Å². The second kappa shape index (κ2) is 7.61. The number of hydrogen-bond acceptors (Lipinski definition) is 4. The van der Waals surface area contributed by atoms with Crippen molar-refractivity contribution in [2.75, 3.05) is 16.8 Å². The molecule has 0 atom stereocenters. The van der Waals surface area contributed by atoms with E-state index in [0.717, 1.165) is 23.6 Å². The molecular formula is C17H14F3NO2S2. The Labute approximate surface area is 151 Å². The van der Waals surface area contributed by atoms with Crippen LogP contribution in [-0.4, -0.2) is 23.8 Å². The molecule has 0 bridgehead atoms. The molecule has 1 fully saturated rings. The second-order valence-corrected chi connectivity index (χ2v) is 7.95. The molecule has 1 N–H and O–H groups in total. The van der Waals surface area contributed by atoms with Gasteiger partial charge in [-0.3, -0.25) is 4.79 Å². The molecule has 0 aromatic heterocycles. The fourth-order valence-corrected chi connectivity index (χ4v) is 5.15. The number of ether oxygens (including phenoxy) is 1. The number of benzene rings is 2. The molecule has 1 aliphatic heterocycles. The van der Waals surface area contributed by atoms with Crippen LogP contribution in [0.3, 0.4) is 0 Å². The average Bonchev–Trinajstić information content (AvgIpc) is 3.10. The van der Waals surface area contributed by atoms with Gasteiger partial charge < -0.3 is 10.1 Å². The number of nitrogens with one attached hydrogen (secondary N) is 1. The van der Waals surface area contributed by atoms with Crippen LogP contribution in [0, 0.1) is 0 Å². The number of alkyl halides is 3. The fourth-order valence-electron chi connectivity index (χ4n) is 2.29. The largest absolute Gasteiger partial charge is 0.573 e. The summed E-state index contributed by atoms with van der Waals surface area (Å²) < 4.78 is 40.6. The van der Waals surface area contributed by atoms with Crippen LogP contribution in [0.15, 0.2) is 48.5 Å². The van der Waals surface area contributed by atoms with Gasteiger partial charge in [-0.1, -0.05) is 12.1 Å². The van der Waals surface area contributed by atoms with Crippen molar-refractivity contribution in [2.24, 2.45) is 0 Å². The number of rotatable bonds is 4. The van der Waals surface area contributed by atoms with Crippen LogP contribution in [0.5, 0.6) is 5.75 Å². The first-order valence-electron chi connectivity index (χ1n) is 7.41. The number of halogens is 3. The van der Waals surface area contributed by atoms with Gasteiger partial charge in [-0.05, 0) is 42.0 Å². The summed E-state index contributed by atoms with van der Waals surface area (Å²) in [6, 6.07) is 12.4. The summed E-state index contributed by atoms with van der Waals surface area (Å²) in [7, 11) is 0. The van der Waals surface area contributed by atoms with E-state index in [1.54, 1.807) is 12.1 Å². The van der Waals surface area contributed by atoms with Crippen molar-refractivity contribution in [3.63, 3.8) is 0 Å². The third kappa shape index (κ3) is 5.09. The van der Waals surface area contributed by atoms with E-state index in [9.17, 15) is 18.0 Å². The molecule has 0 unspecified atom stereocenters. The first kappa shape index (κ1) is 18.0. The Bertz CT molecular complexity index is 727. The smallest absolute Gasteiger partial charge is 0.406 e. The Kier molecular flexibility index (Phi) is 5.48. The van der Waals surface area contributed by atoms with Crippen LogP contribution in [0.4, 0.5) is 18.9 Å². The summed E-state index contributed by atoms with van der Waals surface area (Å²) in [5.74, 6) is 1.61. The zero-order chi connectivity index (χ0) is 17.9. The van der Waals surface area contributed by atoms with Crippen LogP contribution in [0.25, 0.3) is 0 Å². The summed E-state index contributed by atoms with van der Waals surface area (Å²) in [6.07, 6.45) is -4.73. The van der Waals surface area contributed by atoms with Gasteiger partial charge in [0.25, 0.3) is 5.91 Å². The van der Waals surface area contributed by atoms with E-state index in [0.29, 0.717) is 15.8 Å². The number of anilines is 1. The molecule has 1 amide bonds. The third-order valence-corrected chi connectivity index (χ3v) is 6.52. The molecule has 3 rings (SSSR count). The number of hydrogen-bond donors (Lipinski definition) is 1. The van der Waals surface area contributed by atoms with E-state index >= 15 is 0 Å². The highest BCUT2D eigenvalue weighted by atomic mass is 32.2. The molecule has 0 saturated carbocycles. The Morgan fingerprint density at radius 1 is 1.00 bits per heavy atom. The first-order chi connectivity index (χ1) is 11.9. The highest BCUT2D eigenvalue weighted by Gasteiger charge is 2.31. The van der Waals surface area contributed by atoms with Crippen molar-refractivity contribution in [3.8, 4) is 5.75 Å². The fraction of sp³-hybridized carbons (Fsp3) is 0.235. The third-order valence-electron chi connectivity index (χ3n) is 3.41. The number of carbonyl (C=O) groups excluding carboxylic acids is 1. The van der Waals surface area contributed by atoms with Crippen LogP contribution < -0.4 is 10.1 Å². The molecule has 0 aliphatic carbocycles. The molecule has 3 nitrogen and oxygen atoms in total. The number of carbonyl (C=O) groups is 1. The SMILES string of the molecule is O=C(Nc1ccc(OC(F)(F)F)cc1)c1ccc(C2SCCS2)cc1. The topological polar surface area (TPSA) is 38.3 Å². The van der Waals surface area contributed by atoms with Gasteiger partial charge in [-0.25, -0.2) is 0 Å². The molecule has 8 heteroatoms. The summed E-state index contributed by atoms with van der Waals surface area (Å²) in [4.78, 5) is 12.2. The zero-order valence-corrected chi connectivity index (χ0v) is 14.5. The maximum Gasteiger partial charge on any atom is 0.573 e. The predicted molar refractivity (Wildman–Crippen MR) is 95.2 cm³/mol. The van der Waals surface area contributed by atoms with Crippen molar-refractivity contribution in [3.05, 3.63) is 59.7 Å². The number of thioether (sulfide) groups is 2. The zero-order valence-electron chi connectivity index (χ0n) is 12.9. The van der Waals surface area contributed by atoms with Crippen LogP contribution >= 0.6 is 23.5 Å².